The van der Waals surface area contributed by atoms with E-state index in [0.29, 0.717) is 16.9 Å². The molecule has 0 bridgehead atoms. The van der Waals surface area contributed by atoms with Gasteiger partial charge < -0.3 is 14.4 Å². The molecular formula is C39H49N5O3S. The fourth-order valence-corrected chi connectivity index (χ4v) is 7.14. The van der Waals surface area contributed by atoms with Crippen molar-refractivity contribution in [1.82, 2.24) is 19.6 Å². The summed E-state index contributed by atoms with van der Waals surface area (Å²) in [4.78, 5) is 26.9. The Bertz CT molecular complexity index is 1790. The maximum Gasteiger partial charge on any atom is 0.340 e. The predicted octanol–water partition coefficient (Wildman–Crippen LogP) is 8.64. The second-order valence-corrected chi connectivity index (χ2v) is 14.9. The highest BCUT2D eigenvalue weighted by atomic mass is 32.1. The van der Waals surface area contributed by atoms with Crippen molar-refractivity contribution < 1.29 is 14.3 Å². The van der Waals surface area contributed by atoms with Crippen LogP contribution in [-0.4, -0.2) is 50.8 Å². The number of hydrogen-bond donors (Lipinski definition) is 0. The van der Waals surface area contributed by atoms with Crippen molar-refractivity contribution in [3.63, 3.8) is 0 Å². The third kappa shape index (κ3) is 8.13. The van der Waals surface area contributed by atoms with Crippen LogP contribution >= 0.6 is 11.3 Å². The number of carbonyl (C=O) groups is 1. The minimum absolute atomic E-state index is 0.0470. The van der Waals surface area contributed by atoms with E-state index in [-0.39, 0.29) is 12.0 Å². The molecule has 0 unspecified atom stereocenters. The molecule has 1 aromatic carbocycles. The minimum Gasteiger partial charge on any atom is -0.464 e. The van der Waals surface area contributed by atoms with Gasteiger partial charge in [0.05, 0.1) is 17.8 Å². The number of benzene rings is 1. The Kier molecular flexibility index (Phi) is 11.0. The molecule has 9 heteroatoms. The Hall–Kier alpha value is -4.08. The third-order valence-corrected chi connectivity index (χ3v) is 9.77. The van der Waals surface area contributed by atoms with Crippen LogP contribution in [0.15, 0.2) is 74.0 Å². The van der Waals surface area contributed by atoms with Crippen LogP contribution in [0.1, 0.15) is 87.2 Å². The zero-order valence-electron chi connectivity index (χ0n) is 29.3. The number of anilines is 1. The van der Waals surface area contributed by atoms with Crippen LogP contribution in [0.3, 0.4) is 0 Å². The molecular weight excluding hydrogens is 619 g/mol. The molecule has 1 atom stereocenters. The number of esters is 1. The van der Waals surface area contributed by atoms with E-state index in [2.05, 4.69) is 55.3 Å². The number of piperidine rings is 1. The predicted molar refractivity (Wildman–Crippen MR) is 196 cm³/mol. The second kappa shape index (κ2) is 15.0. The zero-order valence-corrected chi connectivity index (χ0v) is 30.1. The number of rotatable bonds is 13. The number of allylic oxidation sites excluding steroid dienone is 4. The lowest BCUT2D eigenvalue weighted by Crippen LogP contribution is -2.40. The minimum atomic E-state index is -0.967. The number of fused-ring (bicyclic) bond motifs is 1. The van der Waals surface area contributed by atoms with E-state index in [1.807, 2.05) is 69.6 Å². The highest BCUT2D eigenvalue weighted by molar-refractivity contribution is 7.15. The molecule has 4 aromatic rings. The molecule has 0 radical (unpaired) electrons. The first kappa shape index (κ1) is 35.2. The van der Waals surface area contributed by atoms with Crippen molar-refractivity contribution >= 4 is 28.8 Å². The first-order valence-electron chi connectivity index (χ1n) is 16.9. The van der Waals surface area contributed by atoms with Crippen molar-refractivity contribution in [2.75, 3.05) is 24.6 Å². The molecule has 0 N–H and O–H groups in total. The summed E-state index contributed by atoms with van der Waals surface area (Å²) in [5, 5.41) is 5.95. The topological polar surface area (TPSA) is 81.8 Å². The Morgan fingerprint density at radius 3 is 2.56 bits per heavy atom. The summed E-state index contributed by atoms with van der Waals surface area (Å²) in [5.74, 6) is 0.382. The van der Waals surface area contributed by atoms with E-state index in [1.165, 1.54) is 16.0 Å². The molecule has 1 aliphatic heterocycles. The van der Waals surface area contributed by atoms with Crippen LogP contribution in [0.2, 0.25) is 0 Å². The van der Waals surface area contributed by atoms with Gasteiger partial charge in [-0.05, 0) is 76.8 Å². The van der Waals surface area contributed by atoms with Crippen LogP contribution in [-0.2, 0) is 27.1 Å². The number of thiazole rings is 1. The van der Waals surface area contributed by atoms with Crippen molar-refractivity contribution in [2.24, 2.45) is 5.41 Å². The van der Waals surface area contributed by atoms with Crippen molar-refractivity contribution in [3.05, 3.63) is 101 Å². The summed E-state index contributed by atoms with van der Waals surface area (Å²) in [6, 6.07) is 10.6. The van der Waals surface area contributed by atoms with E-state index in [1.54, 1.807) is 11.3 Å². The van der Waals surface area contributed by atoms with Crippen molar-refractivity contribution in [1.29, 1.82) is 0 Å². The van der Waals surface area contributed by atoms with Gasteiger partial charge in [0.1, 0.15) is 16.5 Å². The largest absolute Gasteiger partial charge is 0.464 e. The van der Waals surface area contributed by atoms with Gasteiger partial charge in [-0.2, -0.15) is 9.61 Å². The van der Waals surface area contributed by atoms with E-state index in [9.17, 15) is 4.79 Å². The van der Waals surface area contributed by atoms with Gasteiger partial charge in [-0.3, -0.25) is 0 Å². The van der Waals surface area contributed by atoms with E-state index >= 15 is 0 Å². The first-order valence-corrected chi connectivity index (χ1v) is 17.7. The van der Waals surface area contributed by atoms with Gasteiger partial charge in [0, 0.05) is 42.3 Å². The van der Waals surface area contributed by atoms with Crippen molar-refractivity contribution in [3.8, 4) is 10.7 Å². The molecule has 1 saturated heterocycles. The Balaban J connectivity index is 1.58. The Morgan fingerprint density at radius 1 is 1.17 bits per heavy atom. The molecule has 1 fully saturated rings. The normalized spacial score (nSPS) is 15.6. The molecule has 48 heavy (non-hydrogen) atoms. The van der Waals surface area contributed by atoms with Crippen LogP contribution in [0.5, 0.6) is 0 Å². The number of nitrogens with zero attached hydrogens (tertiary/aromatic N) is 5. The smallest absolute Gasteiger partial charge is 0.340 e. The SMILES string of the molecule is C=C/C=C/C1(C)CCN(c2c([C@H](OC(C)(C)C)C(=O)OCC)c(C)nc3cc(-c4ncc(Cc5ccccc5CCC=C)s4)nn23)CC1. The Labute approximate surface area is 289 Å². The molecule has 4 heterocycles. The fraction of sp³-hybridized carbons (Fsp3) is 0.436. The quantitative estimate of drug-likeness (QED) is 0.0802. The number of hydrogen-bond acceptors (Lipinski definition) is 8. The average Bonchev–Trinajstić information content (AvgIpc) is 3.69. The summed E-state index contributed by atoms with van der Waals surface area (Å²) < 4.78 is 13.9. The van der Waals surface area contributed by atoms with Crippen LogP contribution in [0.25, 0.3) is 16.3 Å². The second-order valence-electron chi connectivity index (χ2n) is 13.7. The van der Waals surface area contributed by atoms with Gasteiger partial charge in [-0.15, -0.1) is 17.9 Å². The molecule has 3 aromatic heterocycles. The van der Waals surface area contributed by atoms with Gasteiger partial charge >= 0.3 is 5.97 Å². The molecule has 8 nitrogen and oxygen atoms in total. The Morgan fingerprint density at radius 2 is 1.90 bits per heavy atom. The average molecular weight is 668 g/mol. The van der Waals surface area contributed by atoms with Gasteiger partial charge in [0.25, 0.3) is 0 Å². The summed E-state index contributed by atoms with van der Waals surface area (Å²) in [5.41, 5.74) is 4.92. The molecule has 0 amide bonds. The van der Waals surface area contributed by atoms with Crippen LogP contribution < -0.4 is 4.90 Å². The zero-order chi connectivity index (χ0) is 34.5. The summed E-state index contributed by atoms with van der Waals surface area (Å²) in [6.45, 7) is 21.4. The summed E-state index contributed by atoms with van der Waals surface area (Å²) in [6.07, 6.45) is 13.7. The van der Waals surface area contributed by atoms with Gasteiger partial charge in [0.15, 0.2) is 11.8 Å². The highest BCUT2D eigenvalue weighted by Crippen LogP contribution is 2.40. The lowest BCUT2D eigenvalue weighted by molar-refractivity contribution is -0.166. The first-order chi connectivity index (χ1) is 22.9. The van der Waals surface area contributed by atoms with Crippen LogP contribution in [0, 0.1) is 12.3 Å². The number of carbonyl (C=O) groups excluding carboxylic acids is 1. The van der Waals surface area contributed by atoms with E-state index < -0.39 is 17.7 Å². The molecule has 0 spiro atoms. The van der Waals surface area contributed by atoms with Gasteiger partial charge in [0.2, 0.25) is 0 Å². The molecule has 254 valence electrons. The standard InChI is InChI=1S/C39H49N5O3S/c1-9-12-16-28-17-14-15-18-29(28)24-30-26-40-35(48-30)31-25-32-41-27(4)33(34(37(45)46-11-3)47-38(5,6)7)36(44(32)42-31)43-22-20-39(8,21-23-43)19-13-10-2/h9-10,13-15,17-19,25-26,34H,1-2,11-12,16,20-24H2,3-8H3/b19-13+/t34-/m0/s1. The molecule has 0 saturated carbocycles. The molecule has 5 rings (SSSR count). The third-order valence-electron chi connectivity index (χ3n) is 8.75. The van der Waals surface area contributed by atoms with Crippen molar-refractivity contribution in [2.45, 2.75) is 85.4 Å². The van der Waals surface area contributed by atoms with E-state index in [4.69, 9.17) is 24.5 Å². The maximum atomic E-state index is 13.6. The molecule has 1 aliphatic rings. The fourth-order valence-electron chi connectivity index (χ4n) is 6.25. The summed E-state index contributed by atoms with van der Waals surface area (Å²) >= 11 is 1.65. The lowest BCUT2D eigenvalue weighted by atomic mass is 9.80. The number of aryl methyl sites for hydroxylation is 2. The van der Waals surface area contributed by atoms with Crippen LogP contribution in [0.4, 0.5) is 5.82 Å². The van der Waals surface area contributed by atoms with Gasteiger partial charge in [-0.25, -0.2) is 14.8 Å². The maximum absolute atomic E-state index is 13.6. The number of ether oxygens (including phenoxy) is 2. The van der Waals surface area contributed by atoms with Gasteiger partial charge in [-0.1, -0.05) is 62.1 Å². The monoisotopic (exact) mass is 667 g/mol. The summed E-state index contributed by atoms with van der Waals surface area (Å²) in [7, 11) is 0. The molecule has 0 aliphatic carbocycles. The lowest BCUT2D eigenvalue weighted by Gasteiger charge is -2.40. The number of aromatic nitrogens is 4. The van der Waals surface area contributed by atoms with E-state index in [0.717, 1.165) is 61.7 Å². The highest BCUT2D eigenvalue weighted by Gasteiger charge is 2.37.